The van der Waals surface area contributed by atoms with Crippen molar-refractivity contribution in [2.45, 2.75) is 13.0 Å². The molecule has 0 radical (unpaired) electrons. The minimum Gasteiger partial charge on any atom is -0.489 e. The highest BCUT2D eigenvalue weighted by Gasteiger charge is 1.98. The Morgan fingerprint density at radius 3 is 2.50 bits per heavy atom. The molecule has 0 fully saturated rings. The third-order valence-electron chi connectivity index (χ3n) is 2.61. The lowest BCUT2D eigenvalue weighted by molar-refractivity contribution is 0.306. The monoisotopic (exact) mass is 243 g/mol. The number of nitrogen functional groups attached to an aromatic ring is 1. The van der Waals surface area contributed by atoms with Crippen LogP contribution in [-0.2, 0) is 13.0 Å². The van der Waals surface area contributed by atoms with Gasteiger partial charge < -0.3 is 16.2 Å². The summed E-state index contributed by atoms with van der Waals surface area (Å²) < 4.78 is 5.67. The van der Waals surface area contributed by atoms with E-state index in [1.54, 1.807) is 6.20 Å². The number of nitrogens with zero attached hydrogens (tertiary/aromatic N) is 1. The Labute approximate surface area is 107 Å². The van der Waals surface area contributed by atoms with Gasteiger partial charge in [-0.05, 0) is 48.4 Å². The van der Waals surface area contributed by atoms with Crippen molar-refractivity contribution in [2.24, 2.45) is 5.73 Å². The average Bonchev–Trinajstić information content (AvgIpc) is 2.38. The summed E-state index contributed by atoms with van der Waals surface area (Å²) in [7, 11) is 0. The second-order valence-corrected chi connectivity index (χ2v) is 4.06. The molecule has 1 heterocycles. The summed E-state index contributed by atoms with van der Waals surface area (Å²) in [6, 6.07) is 11.7. The number of pyridine rings is 1. The van der Waals surface area contributed by atoms with Crippen LogP contribution in [0.25, 0.3) is 0 Å². The quantitative estimate of drug-likeness (QED) is 0.839. The lowest BCUT2D eigenvalue weighted by atomic mass is 10.1. The summed E-state index contributed by atoms with van der Waals surface area (Å²) in [4.78, 5) is 3.94. The molecule has 2 rings (SSSR count). The molecule has 0 saturated carbocycles. The Hall–Kier alpha value is -2.07. The van der Waals surface area contributed by atoms with Gasteiger partial charge in [-0.3, -0.25) is 0 Å². The first kappa shape index (κ1) is 12.4. The van der Waals surface area contributed by atoms with Crippen molar-refractivity contribution in [2.75, 3.05) is 12.3 Å². The van der Waals surface area contributed by atoms with Gasteiger partial charge >= 0.3 is 0 Å². The molecule has 0 unspecified atom stereocenters. The number of hydrogen-bond donors (Lipinski definition) is 2. The predicted octanol–water partition coefficient (Wildman–Crippen LogP) is 1.74. The molecule has 4 heteroatoms. The van der Waals surface area contributed by atoms with Crippen molar-refractivity contribution in [3.8, 4) is 5.75 Å². The lowest BCUT2D eigenvalue weighted by Gasteiger charge is -2.07. The smallest absolute Gasteiger partial charge is 0.123 e. The summed E-state index contributed by atoms with van der Waals surface area (Å²) >= 11 is 0. The standard InChI is InChI=1S/C14H17N3O/c15-7-5-11-1-3-13(4-2-11)18-10-12-6-8-17-14(16)9-12/h1-4,6,8-9H,5,7,10,15H2,(H2,16,17). The minimum atomic E-state index is 0.489. The van der Waals surface area contributed by atoms with Crippen molar-refractivity contribution >= 4 is 5.82 Å². The van der Waals surface area contributed by atoms with Gasteiger partial charge in [0.05, 0.1) is 0 Å². The maximum atomic E-state index is 5.67. The van der Waals surface area contributed by atoms with E-state index in [1.807, 2.05) is 36.4 Å². The topological polar surface area (TPSA) is 74.2 Å². The lowest BCUT2D eigenvalue weighted by Crippen LogP contribution is -2.02. The molecule has 4 nitrogen and oxygen atoms in total. The summed E-state index contributed by atoms with van der Waals surface area (Å²) in [6.07, 6.45) is 2.57. The molecule has 0 aliphatic carbocycles. The number of ether oxygens (including phenoxy) is 1. The molecule has 0 amide bonds. The van der Waals surface area contributed by atoms with E-state index in [4.69, 9.17) is 16.2 Å². The van der Waals surface area contributed by atoms with Gasteiger partial charge in [-0.15, -0.1) is 0 Å². The normalized spacial score (nSPS) is 10.3. The Bertz CT molecular complexity index is 497. The van der Waals surface area contributed by atoms with Crippen molar-refractivity contribution in [3.63, 3.8) is 0 Å². The van der Waals surface area contributed by atoms with Crippen LogP contribution in [0.5, 0.6) is 5.75 Å². The van der Waals surface area contributed by atoms with Crippen LogP contribution in [0.4, 0.5) is 5.82 Å². The SMILES string of the molecule is NCCc1ccc(OCc2ccnc(N)c2)cc1. The van der Waals surface area contributed by atoms with E-state index in [9.17, 15) is 0 Å². The van der Waals surface area contributed by atoms with Gasteiger partial charge in [0, 0.05) is 6.20 Å². The van der Waals surface area contributed by atoms with Crippen LogP contribution in [-0.4, -0.2) is 11.5 Å². The molecule has 0 bridgehead atoms. The highest BCUT2D eigenvalue weighted by molar-refractivity contribution is 5.32. The second-order valence-electron chi connectivity index (χ2n) is 4.06. The summed E-state index contributed by atoms with van der Waals surface area (Å²) in [5.74, 6) is 1.35. The van der Waals surface area contributed by atoms with Crippen molar-refractivity contribution in [3.05, 3.63) is 53.7 Å². The van der Waals surface area contributed by atoms with E-state index in [0.29, 0.717) is 19.0 Å². The number of anilines is 1. The zero-order valence-corrected chi connectivity index (χ0v) is 10.2. The van der Waals surface area contributed by atoms with Crippen molar-refractivity contribution in [1.82, 2.24) is 4.98 Å². The van der Waals surface area contributed by atoms with Crippen LogP contribution in [0, 0.1) is 0 Å². The number of hydrogen-bond acceptors (Lipinski definition) is 4. The van der Waals surface area contributed by atoms with Gasteiger partial charge in [0.25, 0.3) is 0 Å². The summed E-state index contributed by atoms with van der Waals surface area (Å²) in [5.41, 5.74) is 13.3. The highest BCUT2D eigenvalue weighted by atomic mass is 16.5. The zero-order chi connectivity index (χ0) is 12.8. The molecule has 1 aromatic carbocycles. The molecular weight excluding hydrogens is 226 g/mol. The van der Waals surface area contributed by atoms with Gasteiger partial charge in [0.2, 0.25) is 0 Å². The average molecular weight is 243 g/mol. The number of aromatic nitrogens is 1. The van der Waals surface area contributed by atoms with E-state index in [2.05, 4.69) is 4.98 Å². The van der Waals surface area contributed by atoms with E-state index in [0.717, 1.165) is 17.7 Å². The molecule has 94 valence electrons. The third-order valence-corrected chi connectivity index (χ3v) is 2.61. The number of rotatable bonds is 5. The van der Waals surface area contributed by atoms with Gasteiger partial charge in [-0.1, -0.05) is 12.1 Å². The fraction of sp³-hybridized carbons (Fsp3) is 0.214. The first-order valence-electron chi connectivity index (χ1n) is 5.90. The second kappa shape index (κ2) is 6.02. The van der Waals surface area contributed by atoms with Gasteiger partial charge in [-0.25, -0.2) is 4.98 Å². The van der Waals surface area contributed by atoms with Crippen molar-refractivity contribution in [1.29, 1.82) is 0 Å². The van der Waals surface area contributed by atoms with Gasteiger partial charge in [-0.2, -0.15) is 0 Å². The molecule has 0 spiro atoms. The first-order valence-corrected chi connectivity index (χ1v) is 5.90. The predicted molar refractivity (Wildman–Crippen MR) is 72.2 cm³/mol. The van der Waals surface area contributed by atoms with Gasteiger partial charge in [0.1, 0.15) is 18.2 Å². The Balaban J connectivity index is 1.93. The Morgan fingerprint density at radius 1 is 1.06 bits per heavy atom. The largest absolute Gasteiger partial charge is 0.489 e. The van der Waals surface area contributed by atoms with Crippen LogP contribution < -0.4 is 16.2 Å². The molecular formula is C14H17N3O. The van der Waals surface area contributed by atoms with E-state index >= 15 is 0 Å². The molecule has 0 aliphatic rings. The highest BCUT2D eigenvalue weighted by Crippen LogP contribution is 2.14. The van der Waals surface area contributed by atoms with Crippen LogP contribution in [0.2, 0.25) is 0 Å². The molecule has 18 heavy (non-hydrogen) atoms. The molecule has 0 saturated heterocycles. The summed E-state index contributed by atoms with van der Waals surface area (Å²) in [5, 5.41) is 0. The third kappa shape index (κ3) is 3.46. The molecule has 1 aromatic heterocycles. The van der Waals surface area contributed by atoms with Crippen LogP contribution in [0.1, 0.15) is 11.1 Å². The van der Waals surface area contributed by atoms with E-state index in [1.165, 1.54) is 5.56 Å². The van der Waals surface area contributed by atoms with Crippen molar-refractivity contribution < 1.29 is 4.74 Å². The number of nitrogens with two attached hydrogens (primary N) is 2. The van der Waals surface area contributed by atoms with Crippen LogP contribution >= 0.6 is 0 Å². The maximum absolute atomic E-state index is 5.67. The fourth-order valence-corrected chi connectivity index (χ4v) is 1.67. The minimum absolute atomic E-state index is 0.489. The van der Waals surface area contributed by atoms with Crippen LogP contribution in [0.15, 0.2) is 42.6 Å². The van der Waals surface area contributed by atoms with Gasteiger partial charge in [0.15, 0.2) is 0 Å². The van der Waals surface area contributed by atoms with E-state index < -0.39 is 0 Å². The van der Waals surface area contributed by atoms with Crippen LogP contribution in [0.3, 0.4) is 0 Å². The maximum Gasteiger partial charge on any atom is 0.123 e. The fourth-order valence-electron chi connectivity index (χ4n) is 1.67. The molecule has 0 atom stereocenters. The van der Waals surface area contributed by atoms with E-state index in [-0.39, 0.29) is 0 Å². The Morgan fingerprint density at radius 2 is 1.83 bits per heavy atom. The zero-order valence-electron chi connectivity index (χ0n) is 10.2. The molecule has 0 aliphatic heterocycles. The Kier molecular flexibility index (Phi) is 4.15. The summed E-state index contributed by atoms with van der Waals surface area (Å²) in [6.45, 7) is 1.15. The number of benzene rings is 1. The molecule has 2 aromatic rings. The molecule has 4 N–H and O–H groups in total. The first-order chi connectivity index (χ1) is 8.78.